The van der Waals surface area contributed by atoms with Gasteiger partial charge in [0, 0.05) is 12.8 Å². The summed E-state index contributed by atoms with van der Waals surface area (Å²) in [4.78, 5) is 37.6. The second-order valence-corrected chi connectivity index (χ2v) is 26.2. The number of nitrogens with zero attached hydrogens (tertiary/aromatic N) is 1. The largest absolute Gasteiger partial charge is 0.545 e. The topological polar surface area (TPSA) is 111 Å². The summed E-state index contributed by atoms with van der Waals surface area (Å²) in [6.07, 6.45) is 129. The fourth-order valence-electron chi connectivity index (χ4n) is 9.54. The number of likely N-dealkylation sites (N-methyl/N-ethyl adjacent to an activating group) is 1. The SMILES string of the molecule is CC/C=C\C/C=C\C/C=C\C/C=C\C/C=C\C/C=C\C/C=C\C/C=C\C/C=C\C/C=C\C/C=C\CCCCCCCCCC(=O)OC(COC(=O)CCCCC/C=C\C/C=C\C/C=C\C/C=C\C/C=C\C/C=C\C/C=C\C/C=C\C/C=C\C/C=C\C/C=C\CC)COC(OCC[N+](C)(C)C)C(=O)[O-]. The van der Waals surface area contributed by atoms with Crippen molar-refractivity contribution in [2.45, 2.75) is 257 Å². The van der Waals surface area contributed by atoms with Crippen LogP contribution in [-0.2, 0) is 33.3 Å². The van der Waals surface area contributed by atoms with Gasteiger partial charge in [-0.3, -0.25) is 9.59 Å². The number of hydrogen-bond acceptors (Lipinski definition) is 8. The highest BCUT2D eigenvalue weighted by Crippen LogP contribution is 2.14. The molecule has 2 unspecified atom stereocenters. The second kappa shape index (κ2) is 80.3. The van der Waals surface area contributed by atoms with Crippen LogP contribution >= 0.6 is 0 Å². The number of quaternary nitrogens is 1. The number of allylic oxidation sites excluding steroid dienone is 44. The molecule has 0 spiro atoms. The summed E-state index contributed by atoms with van der Waals surface area (Å²) in [5, 5.41) is 11.9. The highest BCUT2D eigenvalue weighted by atomic mass is 16.7. The van der Waals surface area contributed by atoms with Crippen molar-refractivity contribution in [2.75, 3.05) is 47.5 Å². The Bertz CT molecular complexity index is 2710. The predicted octanol–water partition coefficient (Wildman–Crippen LogP) is 24.6. The Kier molecular flexibility index (Phi) is 74.5. The van der Waals surface area contributed by atoms with Crippen LogP contribution in [0.2, 0.25) is 0 Å². The second-order valence-electron chi connectivity index (χ2n) is 26.2. The van der Waals surface area contributed by atoms with Crippen LogP contribution < -0.4 is 5.11 Å². The minimum Gasteiger partial charge on any atom is -0.545 e. The van der Waals surface area contributed by atoms with E-state index in [2.05, 4.69) is 281 Å². The number of aliphatic carboxylic acids is 1. The molecule has 0 aromatic carbocycles. The van der Waals surface area contributed by atoms with Gasteiger partial charge in [-0.25, -0.2) is 0 Å². The molecule has 0 aliphatic rings. The Morgan fingerprint density at radius 1 is 0.291 bits per heavy atom. The number of carbonyl (C=O) groups is 3. The zero-order valence-corrected chi connectivity index (χ0v) is 65.1. The van der Waals surface area contributed by atoms with E-state index in [1.165, 1.54) is 12.8 Å². The lowest BCUT2D eigenvalue weighted by molar-refractivity contribution is -0.870. The normalized spacial score (nSPS) is 14.1. The number of rotatable bonds is 69. The minimum absolute atomic E-state index is 0.124. The van der Waals surface area contributed by atoms with Crippen molar-refractivity contribution in [2.24, 2.45) is 0 Å². The van der Waals surface area contributed by atoms with Gasteiger partial charge < -0.3 is 33.3 Å². The average molecular weight is 1410 g/mol. The van der Waals surface area contributed by atoms with Crippen LogP contribution in [0.3, 0.4) is 0 Å². The molecule has 9 nitrogen and oxygen atoms in total. The summed E-state index contributed by atoms with van der Waals surface area (Å²) in [5.41, 5.74) is 0. The van der Waals surface area contributed by atoms with Crippen molar-refractivity contribution < 1.29 is 42.9 Å². The third kappa shape index (κ3) is 81.7. The summed E-state index contributed by atoms with van der Waals surface area (Å²) in [5.74, 6) is -2.38. The van der Waals surface area contributed by atoms with E-state index in [0.717, 1.165) is 193 Å². The van der Waals surface area contributed by atoms with Crippen LogP contribution in [-0.4, -0.2) is 82.3 Å². The smallest absolute Gasteiger partial charge is 0.306 e. The van der Waals surface area contributed by atoms with Gasteiger partial charge in [0.05, 0.1) is 40.3 Å². The van der Waals surface area contributed by atoms with Gasteiger partial charge in [0.1, 0.15) is 13.2 Å². The van der Waals surface area contributed by atoms with E-state index in [-0.39, 0.29) is 32.7 Å². The maximum Gasteiger partial charge on any atom is 0.306 e. The fraction of sp³-hybridized carbons (Fsp3) is 0.500. The van der Waals surface area contributed by atoms with Crippen LogP contribution in [0.15, 0.2) is 267 Å². The van der Waals surface area contributed by atoms with E-state index in [4.69, 9.17) is 18.9 Å². The van der Waals surface area contributed by atoms with E-state index in [1.807, 2.05) is 21.1 Å². The van der Waals surface area contributed by atoms with E-state index in [9.17, 15) is 19.5 Å². The van der Waals surface area contributed by atoms with Crippen LogP contribution in [0.25, 0.3) is 0 Å². The number of carboxylic acids is 1. The Hall–Kier alpha value is -7.43. The van der Waals surface area contributed by atoms with Gasteiger partial charge in [0.15, 0.2) is 12.4 Å². The molecule has 570 valence electrons. The number of unbranched alkanes of at least 4 members (excludes halogenated alkanes) is 10. The number of hydrogen-bond donors (Lipinski definition) is 0. The fourth-order valence-corrected chi connectivity index (χ4v) is 9.54. The molecule has 0 heterocycles. The Balaban J connectivity index is 4.27. The molecule has 2 atom stereocenters. The predicted molar refractivity (Wildman–Crippen MR) is 443 cm³/mol. The van der Waals surface area contributed by atoms with Crippen molar-refractivity contribution >= 4 is 17.9 Å². The Morgan fingerprint density at radius 3 is 0.786 bits per heavy atom. The lowest BCUT2D eigenvalue weighted by Crippen LogP contribution is -2.44. The van der Waals surface area contributed by atoms with Crippen LogP contribution in [0, 0.1) is 0 Å². The molecule has 0 amide bonds. The van der Waals surface area contributed by atoms with Crippen LogP contribution in [0.1, 0.15) is 245 Å². The molecule has 0 saturated heterocycles. The zero-order chi connectivity index (χ0) is 74.6. The molecule has 0 aliphatic heterocycles. The lowest BCUT2D eigenvalue weighted by atomic mass is 10.1. The molecular formula is C94H141NO8. The van der Waals surface area contributed by atoms with Crippen LogP contribution in [0.4, 0.5) is 0 Å². The van der Waals surface area contributed by atoms with Crippen molar-refractivity contribution in [1.82, 2.24) is 0 Å². The highest BCUT2D eigenvalue weighted by Gasteiger charge is 2.22. The number of carboxylic acid groups (broad SMARTS) is 1. The van der Waals surface area contributed by atoms with Gasteiger partial charge in [0.2, 0.25) is 0 Å². The lowest BCUT2D eigenvalue weighted by Gasteiger charge is -2.26. The Morgan fingerprint density at radius 2 is 0.524 bits per heavy atom. The first kappa shape index (κ1) is 95.6. The third-order valence-electron chi connectivity index (χ3n) is 15.5. The summed E-state index contributed by atoms with van der Waals surface area (Å²) in [7, 11) is 5.90. The quantitative estimate of drug-likeness (QED) is 0.0195. The van der Waals surface area contributed by atoms with E-state index >= 15 is 0 Å². The molecule has 0 rings (SSSR count). The summed E-state index contributed by atoms with van der Waals surface area (Å²) in [6, 6.07) is 0. The molecule has 0 N–H and O–H groups in total. The standard InChI is InChI=1S/C94H141NO8/c1-6-8-10-12-14-16-18-20-22-24-26-28-30-32-34-36-38-40-42-44-45-46-47-49-51-53-55-57-59-61-63-65-67-69-71-73-75-77-79-81-83-85-92(97)103-90(89-102-94(93(98)99)100-87-86-95(3,4)5)88-101-91(96)84-82-80-78-76-74-72-70-68-66-64-62-60-58-56-54-52-50-48-43-41-39-37-35-33-31-29-27-25-23-21-19-17-15-13-11-9-7-2/h8-11,14-17,20-23,26-29,32-35,38-41,44-45,47-50,53-56,59-62,65-68,72,74,90,94H,6-7,12-13,18-19,24-25,30-31,36-37,42-43,46,51-52,57-58,63-64,69-71,73,75-89H2,1-5H3/b10-8-,11-9-,16-14-,17-15-,22-20-,23-21-,28-26-,29-27-,34-32-,35-33-,40-38-,41-39-,45-44-,49-47-,50-48-,55-53-,56-54-,61-59-,62-60-,67-65-,68-66-,74-72-. The van der Waals surface area contributed by atoms with Gasteiger partial charge in [-0.1, -0.05) is 320 Å². The zero-order valence-electron chi connectivity index (χ0n) is 65.1. The van der Waals surface area contributed by atoms with Gasteiger partial charge in [-0.05, 0) is 180 Å². The Labute approximate surface area is 629 Å². The number of ether oxygens (including phenoxy) is 4. The van der Waals surface area contributed by atoms with E-state index in [1.54, 1.807) is 0 Å². The van der Waals surface area contributed by atoms with Crippen molar-refractivity contribution in [1.29, 1.82) is 0 Å². The van der Waals surface area contributed by atoms with Crippen LogP contribution in [0.5, 0.6) is 0 Å². The van der Waals surface area contributed by atoms with Gasteiger partial charge >= 0.3 is 11.9 Å². The maximum absolute atomic E-state index is 13.0. The van der Waals surface area contributed by atoms with Gasteiger partial charge in [-0.15, -0.1) is 0 Å². The average Bonchev–Trinajstić information content (AvgIpc) is 1.01. The van der Waals surface area contributed by atoms with E-state index in [0.29, 0.717) is 23.9 Å². The number of carbonyl (C=O) groups excluding carboxylic acids is 3. The molecule has 0 fully saturated rings. The van der Waals surface area contributed by atoms with Gasteiger partial charge in [0.25, 0.3) is 0 Å². The summed E-state index contributed by atoms with van der Waals surface area (Å²) >= 11 is 0. The van der Waals surface area contributed by atoms with E-state index < -0.39 is 30.3 Å². The van der Waals surface area contributed by atoms with Gasteiger partial charge in [-0.2, -0.15) is 0 Å². The molecule has 9 heteroatoms. The molecule has 0 saturated carbocycles. The summed E-state index contributed by atoms with van der Waals surface area (Å²) < 4.78 is 22.8. The van der Waals surface area contributed by atoms with Crippen molar-refractivity contribution in [3.63, 3.8) is 0 Å². The number of esters is 2. The summed E-state index contributed by atoms with van der Waals surface area (Å²) in [6.45, 7) is 4.43. The maximum atomic E-state index is 13.0. The first-order valence-electron chi connectivity index (χ1n) is 39.5. The molecule has 0 aliphatic carbocycles. The van der Waals surface area contributed by atoms with Crippen molar-refractivity contribution in [3.8, 4) is 0 Å². The first-order valence-corrected chi connectivity index (χ1v) is 39.5. The highest BCUT2D eigenvalue weighted by molar-refractivity contribution is 5.70. The molecular weight excluding hydrogens is 1270 g/mol. The molecule has 103 heavy (non-hydrogen) atoms. The molecule has 0 aromatic rings. The first-order chi connectivity index (χ1) is 50.6. The minimum atomic E-state index is -1.65. The van der Waals surface area contributed by atoms with Crippen molar-refractivity contribution in [3.05, 3.63) is 267 Å². The molecule has 0 aromatic heterocycles. The monoisotopic (exact) mass is 1410 g/mol. The molecule has 0 radical (unpaired) electrons. The third-order valence-corrected chi connectivity index (χ3v) is 15.5. The molecule has 0 bridgehead atoms.